The van der Waals surface area contributed by atoms with Crippen molar-refractivity contribution in [3.05, 3.63) is 23.8 Å². The number of sulfonamides is 1. The summed E-state index contributed by atoms with van der Waals surface area (Å²) in [5.41, 5.74) is 1.85. The zero-order chi connectivity index (χ0) is 14.4. The largest absolute Gasteiger partial charge is 0.325 e. The van der Waals surface area contributed by atoms with Gasteiger partial charge in [-0.05, 0) is 43.5 Å². The maximum atomic E-state index is 12.3. The predicted molar refractivity (Wildman–Crippen MR) is 78.3 cm³/mol. The topological polar surface area (TPSA) is 75.3 Å². The summed E-state index contributed by atoms with van der Waals surface area (Å²) >= 11 is 0. The van der Waals surface area contributed by atoms with Crippen molar-refractivity contribution >= 4 is 27.3 Å². The molecule has 0 aromatic heterocycles. The van der Waals surface area contributed by atoms with Crippen LogP contribution in [0.5, 0.6) is 0 Å². The molecule has 0 unspecified atom stereocenters. The van der Waals surface area contributed by atoms with Gasteiger partial charge in [0.1, 0.15) is 0 Å². The van der Waals surface area contributed by atoms with E-state index >= 15 is 0 Å². The third kappa shape index (κ3) is 1.98. The molecule has 108 valence electrons. The van der Waals surface area contributed by atoms with Crippen LogP contribution in [0.2, 0.25) is 0 Å². The molecule has 1 fully saturated rings. The van der Waals surface area contributed by atoms with Gasteiger partial charge in [-0.3, -0.25) is 9.52 Å². The zero-order valence-electron chi connectivity index (χ0n) is 11.4. The summed E-state index contributed by atoms with van der Waals surface area (Å²) in [6, 6.07) is 5.29. The lowest BCUT2D eigenvalue weighted by molar-refractivity contribution is -0.120. The molecule has 0 saturated heterocycles. The molecule has 0 radical (unpaired) electrons. The zero-order valence-corrected chi connectivity index (χ0v) is 12.2. The van der Waals surface area contributed by atoms with E-state index in [9.17, 15) is 13.2 Å². The monoisotopic (exact) mass is 294 g/mol. The minimum absolute atomic E-state index is 0.0341. The predicted octanol–water partition coefficient (Wildman–Crippen LogP) is 2.21. The Morgan fingerprint density at radius 2 is 2.00 bits per heavy atom. The van der Waals surface area contributed by atoms with Crippen molar-refractivity contribution in [3.63, 3.8) is 0 Å². The fourth-order valence-corrected chi connectivity index (χ4v) is 3.83. The van der Waals surface area contributed by atoms with Crippen LogP contribution in [0.4, 0.5) is 11.4 Å². The van der Waals surface area contributed by atoms with E-state index in [0.717, 1.165) is 36.9 Å². The normalized spacial score (nSPS) is 19.9. The van der Waals surface area contributed by atoms with Gasteiger partial charge in [0.25, 0.3) is 0 Å². The Balaban J connectivity index is 2.01. The lowest BCUT2D eigenvalue weighted by atomic mass is 9.80. The van der Waals surface area contributed by atoms with E-state index in [2.05, 4.69) is 10.0 Å². The summed E-state index contributed by atoms with van der Waals surface area (Å²) in [5, 5.41) is 2.92. The second-order valence-corrected chi connectivity index (χ2v) is 7.52. The summed E-state index contributed by atoms with van der Waals surface area (Å²) < 4.78 is 25.9. The highest BCUT2D eigenvalue weighted by atomic mass is 32.2. The molecule has 1 aliphatic heterocycles. The molecule has 20 heavy (non-hydrogen) atoms. The quantitative estimate of drug-likeness (QED) is 0.897. The van der Waals surface area contributed by atoms with Crippen LogP contribution in [-0.4, -0.2) is 20.1 Å². The SMILES string of the molecule is CCS(=O)(=O)Nc1ccc2c(c1)C1(CCCC1)C(=O)N2. The van der Waals surface area contributed by atoms with Crippen molar-refractivity contribution in [1.29, 1.82) is 0 Å². The molecule has 2 N–H and O–H groups in total. The highest BCUT2D eigenvalue weighted by molar-refractivity contribution is 7.92. The minimum Gasteiger partial charge on any atom is -0.325 e. The molecule has 1 saturated carbocycles. The summed E-state index contributed by atoms with van der Waals surface area (Å²) in [5.74, 6) is 0.0902. The molecule has 2 aliphatic rings. The van der Waals surface area contributed by atoms with Crippen molar-refractivity contribution in [1.82, 2.24) is 0 Å². The second kappa shape index (κ2) is 4.48. The number of carbonyl (C=O) groups excluding carboxylic acids is 1. The van der Waals surface area contributed by atoms with Gasteiger partial charge in [0, 0.05) is 11.4 Å². The van der Waals surface area contributed by atoms with E-state index in [-0.39, 0.29) is 11.7 Å². The number of anilines is 2. The van der Waals surface area contributed by atoms with Crippen molar-refractivity contribution in [2.75, 3.05) is 15.8 Å². The molecular formula is C14H18N2O3S. The van der Waals surface area contributed by atoms with Crippen molar-refractivity contribution in [2.24, 2.45) is 0 Å². The number of rotatable bonds is 3. The fourth-order valence-electron chi connectivity index (χ4n) is 3.20. The van der Waals surface area contributed by atoms with Crippen molar-refractivity contribution in [2.45, 2.75) is 38.0 Å². The van der Waals surface area contributed by atoms with Gasteiger partial charge in [-0.15, -0.1) is 0 Å². The number of hydrogen-bond donors (Lipinski definition) is 2. The lowest BCUT2D eigenvalue weighted by Gasteiger charge is -2.21. The number of nitrogens with one attached hydrogen (secondary N) is 2. The van der Waals surface area contributed by atoms with Crippen LogP contribution in [0.25, 0.3) is 0 Å². The first kappa shape index (κ1) is 13.4. The lowest BCUT2D eigenvalue weighted by Crippen LogP contribution is -2.31. The highest BCUT2D eigenvalue weighted by Gasteiger charge is 2.48. The molecule has 0 atom stereocenters. The molecule has 1 aliphatic carbocycles. The maximum absolute atomic E-state index is 12.3. The average molecular weight is 294 g/mol. The Bertz CT molecular complexity index is 661. The smallest absolute Gasteiger partial charge is 0.235 e. The molecule has 1 amide bonds. The first-order valence-corrected chi connectivity index (χ1v) is 8.58. The third-order valence-corrected chi connectivity index (χ3v) is 5.64. The number of hydrogen-bond acceptors (Lipinski definition) is 3. The van der Waals surface area contributed by atoms with Gasteiger partial charge in [-0.2, -0.15) is 0 Å². The highest BCUT2D eigenvalue weighted by Crippen LogP contribution is 2.49. The number of fused-ring (bicyclic) bond motifs is 2. The molecular weight excluding hydrogens is 276 g/mol. The molecule has 1 aromatic carbocycles. The average Bonchev–Trinajstić information content (AvgIpc) is 2.99. The molecule has 5 nitrogen and oxygen atoms in total. The van der Waals surface area contributed by atoms with Gasteiger partial charge >= 0.3 is 0 Å². The van der Waals surface area contributed by atoms with Crippen LogP contribution < -0.4 is 10.0 Å². The molecule has 1 spiro atoms. The van der Waals surface area contributed by atoms with Gasteiger partial charge < -0.3 is 5.32 Å². The standard InChI is InChI=1S/C14H18N2O3S/c1-2-20(18,19)16-10-5-6-12-11(9-10)14(13(17)15-12)7-3-4-8-14/h5-6,9,16H,2-4,7-8H2,1H3,(H,15,17). The summed E-state index contributed by atoms with van der Waals surface area (Å²) in [6.07, 6.45) is 3.77. The van der Waals surface area contributed by atoms with Crippen LogP contribution >= 0.6 is 0 Å². The molecule has 1 heterocycles. The van der Waals surface area contributed by atoms with Gasteiger partial charge in [-0.25, -0.2) is 8.42 Å². The Morgan fingerprint density at radius 3 is 2.65 bits per heavy atom. The Morgan fingerprint density at radius 1 is 1.30 bits per heavy atom. The van der Waals surface area contributed by atoms with Crippen molar-refractivity contribution in [3.8, 4) is 0 Å². The van der Waals surface area contributed by atoms with Gasteiger partial charge in [0.15, 0.2) is 0 Å². The number of carbonyl (C=O) groups is 1. The van der Waals surface area contributed by atoms with E-state index in [1.165, 1.54) is 0 Å². The number of benzene rings is 1. The Hall–Kier alpha value is -1.56. The molecule has 1 aromatic rings. The maximum Gasteiger partial charge on any atom is 0.235 e. The van der Waals surface area contributed by atoms with Crippen LogP contribution in [0, 0.1) is 0 Å². The second-order valence-electron chi connectivity index (χ2n) is 5.51. The van der Waals surface area contributed by atoms with Crippen LogP contribution in [0.3, 0.4) is 0 Å². The van der Waals surface area contributed by atoms with Crippen molar-refractivity contribution < 1.29 is 13.2 Å². The third-order valence-electron chi connectivity index (χ3n) is 4.33. The van der Waals surface area contributed by atoms with Crippen LogP contribution in [0.1, 0.15) is 38.2 Å². The fraction of sp³-hybridized carbons (Fsp3) is 0.500. The Kier molecular flexibility index (Phi) is 3.01. The summed E-state index contributed by atoms with van der Waals surface area (Å²) in [6.45, 7) is 1.60. The van der Waals surface area contributed by atoms with Gasteiger partial charge in [0.2, 0.25) is 15.9 Å². The first-order valence-electron chi connectivity index (χ1n) is 6.93. The van der Waals surface area contributed by atoms with E-state index in [1.807, 2.05) is 6.07 Å². The van der Waals surface area contributed by atoms with Gasteiger partial charge in [0.05, 0.1) is 11.2 Å². The minimum atomic E-state index is -3.29. The van der Waals surface area contributed by atoms with E-state index < -0.39 is 15.4 Å². The van der Waals surface area contributed by atoms with E-state index in [1.54, 1.807) is 19.1 Å². The molecule has 0 bridgehead atoms. The molecule has 3 rings (SSSR count). The number of amides is 1. The van der Waals surface area contributed by atoms with Crippen LogP contribution in [-0.2, 0) is 20.2 Å². The van der Waals surface area contributed by atoms with Crippen LogP contribution in [0.15, 0.2) is 18.2 Å². The molecule has 6 heteroatoms. The Labute approximate surface area is 118 Å². The van der Waals surface area contributed by atoms with E-state index in [0.29, 0.717) is 5.69 Å². The summed E-state index contributed by atoms with van der Waals surface area (Å²) in [4.78, 5) is 12.3. The van der Waals surface area contributed by atoms with Gasteiger partial charge in [-0.1, -0.05) is 12.8 Å². The first-order chi connectivity index (χ1) is 9.47. The van der Waals surface area contributed by atoms with E-state index in [4.69, 9.17) is 0 Å². The summed E-state index contributed by atoms with van der Waals surface area (Å²) in [7, 11) is -3.29.